The van der Waals surface area contributed by atoms with E-state index in [0.29, 0.717) is 0 Å². The van der Waals surface area contributed by atoms with E-state index < -0.39 is 25.7 Å². The van der Waals surface area contributed by atoms with Gasteiger partial charge in [0.1, 0.15) is 0 Å². The van der Waals surface area contributed by atoms with E-state index in [1.54, 1.807) is 0 Å². The fraction of sp³-hybridized carbons (Fsp3) is 1.00. The Balaban J connectivity index is 2.15. The normalized spacial score (nSPS) is 36.1. The van der Waals surface area contributed by atoms with Crippen LogP contribution in [-0.4, -0.2) is 41.6 Å². The first-order valence-corrected chi connectivity index (χ1v) is 8.52. The topological polar surface area (TPSA) is 86.7 Å². The minimum absolute atomic E-state index is 0.0451. The fourth-order valence-electron chi connectivity index (χ4n) is 2.25. The molecule has 2 atom stereocenters. The molecule has 0 aromatic rings. The van der Waals surface area contributed by atoms with Crippen molar-refractivity contribution in [1.29, 1.82) is 0 Å². The Bertz CT molecular complexity index is 458. The van der Waals surface area contributed by atoms with Gasteiger partial charge in [0, 0.05) is 11.8 Å². The summed E-state index contributed by atoms with van der Waals surface area (Å²) in [6, 6.07) is 0. The molecule has 0 radical (unpaired) electrons. The van der Waals surface area contributed by atoms with Crippen LogP contribution in [0.15, 0.2) is 0 Å². The first-order chi connectivity index (χ1) is 7.62. The van der Waals surface area contributed by atoms with Crippen LogP contribution in [-0.2, 0) is 28.6 Å². The summed E-state index contributed by atoms with van der Waals surface area (Å²) in [5.74, 6) is -0.462. The molecule has 17 heavy (non-hydrogen) atoms. The van der Waals surface area contributed by atoms with Gasteiger partial charge in [-0.2, -0.15) is 16.8 Å². The van der Waals surface area contributed by atoms with Crippen molar-refractivity contribution in [1.82, 2.24) is 0 Å². The molecule has 2 aliphatic heterocycles. The Hall–Kier alpha value is -0.180. The number of hydrogen-bond acceptors (Lipinski definition) is 6. The molecule has 0 aromatic heterocycles. The third kappa shape index (κ3) is 2.64. The molecule has 8 heteroatoms. The molecular weight excluding hydrogens is 268 g/mol. The first kappa shape index (κ1) is 13.3. The molecule has 2 unspecified atom stereocenters. The summed E-state index contributed by atoms with van der Waals surface area (Å²) in [5.41, 5.74) is -0.437. The molecule has 6 nitrogen and oxygen atoms in total. The molecule has 0 aliphatic carbocycles. The van der Waals surface area contributed by atoms with E-state index in [2.05, 4.69) is 0 Å². The number of rotatable bonds is 2. The zero-order chi connectivity index (χ0) is 12.9. The van der Waals surface area contributed by atoms with E-state index in [-0.39, 0.29) is 36.6 Å². The maximum Gasteiger partial charge on any atom is 0.267 e. The van der Waals surface area contributed by atoms with E-state index in [4.69, 9.17) is 8.37 Å². The van der Waals surface area contributed by atoms with E-state index in [0.717, 1.165) is 0 Å². The molecule has 0 aromatic carbocycles. The van der Waals surface area contributed by atoms with Gasteiger partial charge in [-0.05, 0) is 5.41 Å². The molecule has 0 saturated carbocycles. The average molecular weight is 284 g/mol. The van der Waals surface area contributed by atoms with Crippen molar-refractivity contribution in [2.75, 3.05) is 24.7 Å². The Labute approximate surface area is 102 Å². The Kier molecular flexibility index (Phi) is 3.05. The minimum atomic E-state index is -3.43. The quantitative estimate of drug-likeness (QED) is 0.662. The maximum absolute atomic E-state index is 11.3. The summed E-state index contributed by atoms with van der Waals surface area (Å²) >= 11 is 0. The minimum Gasteiger partial charge on any atom is -0.270 e. The number of hydrogen-bond donors (Lipinski definition) is 0. The van der Waals surface area contributed by atoms with Gasteiger partial charge in [0.15, 0.2) is 0 Å². The van der Waals surface area contributed by atoms with Crippen LogP contribution in [0.1, 0.15) is 13.8 Å². The van der Waals surface area contributed by atoms with Gasteiger partial charge in [-0.15, -0.1) is 0 Å². The van der Waals surface area contributed by atoms with Gasteiger partial charge in [0.2, 0.25) is 0 Å². The van der Waals surface area contributed by atoms with Gasteiger partial charge in [-0.3, -0.25) is 8.37 Å². The molecule has 2 saturated heterocycles. The molecule has 2 heterocycles. The molecule has 2 aliphatic rings. The van der Waals surface area contributed by atoms with Gasteiger partial charge in [0.25, 0.3) is 20.2 Å². The first-order valence-electron chi connectivity index (χ1n) is 5.37. The van der Waals surface area contributed by atoms with Crippen LogP contribution in [0.25, 0.3) is 0 Å². The summed E-state index contributed by atoms with van der Waals surface area (Å²) in [6.07, 6.45) is 0. The lowest BCUT2D eigenvalue weighted by atomic mass is 9.71. The largest absolute Gasteiger partial charge is 0.270 e. The molecule has 2 rings (SSSR count). The van der Waals surface area contributed by atoms with Crippen LogP contribution in [0, 0.1) is 17.3 Å². The predicted octanol–water partition coefficient (Wildman–Crippen LogP) is -0.0350. The Morgan fingerprint density at radius 1 is 0.882 bits per heavy atom. The van der Waals surface area contributed by atoms with Crippen molar-refractivity contribution >= 4 is 20.2 Å². The van der Waals surface area contributed by atoms with Crippen LogP contribution in [0.2, 0.25) is 0 Å². The summed E-state index contributed by atoms with van der Waals surface area (Å²) in [7, 11) is -6.85. The summed E-state index contributed by atoms with van der Waals surface area (Å²) < 4.78 is 54.5. The summed E-state index contributed by atoms with van der Waals surface area (Å²) in [4.78, 5) is 0. The van der Waals surface area contributed by atoms with E-state index >= 15 is 0 Å². The lowest BCUT2D eigenvalue weighted by molar-refractivity contribution is 0.101. The molecule has 0 N–H and O–H groups in total. The molecule has 0 spiro atoms. The fourth-order valence-corrected chi connectivity index (χ4v) is 5.22. The van der Waals surface area contributed by atoms with Gasteiger partial charge < -0.3 is 0 Å². The van der Waals surface area contributed by atoms with Gasteiger partial charge >= 0.3 is 0 Å². The smallest absolute Gasteiger partial charge is 0.267 e. The second kappa shape index (κ2) is 3.91. The van der Waals surface area contributed by atoms with Crippen molar-refractivity contribution in [2.24, 2.45) is 17.3 Å². The highest BCUT2D eigenvalue weighted by Crippen LogP contribution is 2.42. The molecular formula is C9H16O6S2. The molecule has 0 bridgehead atoms. The second-order valence-electron chi connectivity index (χ2n) is 5.23. The van der Waals surface area contributed by atoms with Crippen LogP contribution >= 0.6 is 0 Å². The zero-order valence-electron chi connectivity index (χ0n) is 9.75. The van der Waals surface area contributed by atoms with Gasteiger partial charge in [-0.25, -0.2) is 0 Å². The summed E-state index contributed by atoms with van der Waals surface area (Å²) in [6.45, 7) is 4.01. The summed E-state index contributed by atoms with van der Waals surface area (Å²) in [5, 5.41) is 0. The van der Waals surface area contributed by atoms with Crippen molar-refractivity contribution < 1.29 is 25.2 Å². The van der Waals surface area contributed by atoms with Crippen LogP contribution in [0.4, 0.5) is 0 Å². The lowest BCUT2D eigenvalue weighted by Gasteiger charge is -2.34. The average Bonchev–Trinajstić information content (AvgIpc) is 2.69. The third-order valence-corrected chi connectivity index (χ3v) is 6.42. The molecule has 100 valence electrons. The Morgan fingerprint density at radius 3 is 1.47 bits per heavy atom. The van der Waals surface area contributed by atoms with Crippen LogP contribution in [0.3, 0.4) is 0 Å². The van der Waals surface area contributed by atoms with Crippen molar-refractivity contribution in [3.63, 3.8) is 0 Å². The van der Waals surface area contributed by atoms with Crippen molar-refractivity contribution in [2.45, 2.75) is 13.8 Å². The van der Waals surface area contributed by atoms with E-state index in [1.165, 1.54) is 0 Å². The van der Waals surface area contributed by atoms with E-state index in [9.17, 15) is 16.8 Å². The lowest BCUT2D eigenvalue weighted by Crippen LogP contribution is -2.37. The molecule has 2 fully saturated rings. The highest BCUT2D eigenvalue weighted by molar-refractivity contribution is 7.87. The highest BCUT2D eigenvalue weighted by atomic mass is 32.2. The SMILES string of the molecule is CC(C)(C1COS(=O)(=O)C1)C1COS(=O)(=O)C1. The van der Waals surface area contributed by atoms with Crippen LogP contribution < -0.4 is 0 Å². The monoisotopic (exact) mass is 284 g/mol. The van der Waals surface area contributed by atoms with Crippen molar-refractivity contribution in [3.8, 4) is 0 Å². The van der Waals surface area contributed by atoms with Gasteiger partial charge in [0.05, 0.1) is 24.7 Å². The second-order valence-corrected chi connectivity index (χ2v) is 8.60. The van der Waals surface area contributed by atoms with Crippen molar-refractivity contribution in [3.05, 3.63) is 0 Å². The van der Waals surface area contributed by atoms with E-state index in [1.807, 2.05) is 13.8 Å². The highest BCUT2D eigenvalue weighted by Gasteiger charge is 2.48. The van der Waals surface area contributed by atoms with Crippen LogP contribution in [0.5, 0.6) is 0 Å². The standard InChI is InChI=1S/C9H16O6S2/c1-9(2,7-3-14-16(10,11)5-7)8-4-15-17(12,13)6-8/h7-8H,3-6H2,1-2H3. The third-order valence-electron chi connectivity index (χ3n) is 3.81. The Morgan fingerprint density at radius 2 is 1.24 bits per heavy atom. The molecule has 0 amide bonds. The zero-order valence-corrected chi connectivity index (χ0v) is 11.4. The maximum atomic E-state index is 11.3. The van der Waals surface area contributed by atoms with Gasteiger partial charge in [-0.1, -0.05) is 13.8 Å². The predicted molar refractivity (Wildman–Crippen MR) is 60.2 cm³/mol.